The Labute approximate surface area is 90.6 Å². The monoisotopic (exact) mass is 231 g/mol. The van der Waals surface area contributed by atoms with Gasteiger partial charge in [0.2, 0.25) is 5.82 Å². The number of aliphatic carboxylic acids is 1. The Hall–Kier alpha value is -1.69. The lowest BCUT2D eigenvalue weighted by atomic mass is 10.1. The normalized spacial score (nSPS) is 12.2. The molecule has 0 radical (unpaired) electrons. The molecule has 1 unspecified atom stereocenters. The average molecular weight is 231 g/mol. The van der Waals surface area contributed by atoms with E-state index in [9.17, 15) is 13.6 Å². The number of methoxy groups -OCH3 is 1. The molecule has 4 nitrogen and oxygen atoms in total. The third-order valence-electron chi connectivity index (χ3n) is 2.10. The second kappa shape index (κ2) is 4.89. The van der Waals surface area contributed by atoms with Gasteiger partial charge in [-0.05, 0) is 11.6 Å². The van der Waals surface area contributed by atoms with Crippen molar-refractivity contribution in [1.29, 1.82) is 0 Å². The maximum Gasteiger partial charge on any atom is 0.320 e. The Balaban J connectivity index is 2.99. The van der Waals surface area contributed by atoms with Crippen LogP contribution >= 0.6 is 0 Å². The van der Waals surface area contributed by atoms with Gasteiger partial charge < -0.3 is 15.6 Å². The van der Waals surface area contributed by atoms with Crippen LogP contribution in [-0.4, -0.2) is 24.2 Å². The predicted octanol–water partition coefficient (Wildman–Crippen LogP) is 0.928. The van der Waals surface area contributed by atoms with Gasteiger partial charge in [0.25, 0.3) is 0 Å². The lowest BCUT2D eigenvalue weighted by Gasteiger charge is -2.09. The summed E-state index contributed by atoms with van der Waals surface area (Å²) in [6.07, 6.45) is -0.276. The van der Waals surface area contributed by atoms with E-state index >= 15 is 0 Å². The number of carboxylic acid groups (broad SMARTS) is 1. The fraction of sp³-hybridized carbons (Fsp3) is 0.300. The van der Waals surface area contributed by atoms with Crippen LogP contribution in [0.25, 0.3) is 0 Å². The first-order valence-corrected chi connectivity index (χ1v) is 4.46. The highest BCUT2D eigenvalue weighted by atomic mass is 19.2. The average Bonchev–Trinajstić information content (AvgIpc) is 2.25. The number of benzene rings is 1. The third kappa shape index (κ3) is 2.46. The summed E-state index contributed by atoms with van der Waals surface area (Å²) in [5.74, 6) is -3.77. The molecule has 0 amide bonds. The summed E-state index contributed by atoms with van der Waals surface area (Å²) in [6, 6.07) is 1.21. The fourth-order valence-corrected chi connectivity index (χ4v) is 1.21. The molecule has 1 aromatic carbocycles. The van der Waals surface area contributed by atoms with Gasteiger partial charge in [0.1, 0.15) is 6.04 Å². The molecule has 1 aromatic rings. The van der Waals surface area contributed by atoms with Crippen LogP contribution in [0.15, 0.2) is 12.1 Å². The number of carboxylic acids is 1. The molecular weight excluding hydrogens is 220 g/mol. The molecule has 0 aliphatic rings. The third-order valence-corrected chi connectivity index (χ3v) is 2.10. The molecule has 0 heterocycles. The molecule has 0 saturated carbocycles. The van der Waals surface area contributed by atoms with Gasteiger partial charge in [0.05, 0.1) is 7.11 Å². The van der Waals surface area contributed by atoms with E-state index in [0.717, 1.165) is 0 Å². The molecule has 0 bridgehead atoms. The van der Waals surface area contributed by atoms with Gasteiger partial charge in [0.15, 0.2) is 11.6 Å². The summed E-state index contributed by atoms with van der Waals surface area (Å²) in [7, 11) is 1.21. The molecule has 0 fully saturated rings. The molecule has 88 valence electrons. The fourth-order valence-electron chi connectivity index (χ4n) is 1.21. The van der Waals surface area contributed by atoms with Crippen LogP contribution in [0.1, 0.15) is 5.56 Å². The number of halogens is 2. The molecular formula is C10H11F2NO3. The number of hydrogen-bond donors (Lipinski definition) is 2. The van der Waals surface area contributed by atoms with Crippen LogP contribution < -0.4 is 10.5 Å². The van der Waals surface area contributed by atoms with Crippen LogP contribution in [0.2, 0.25) is 0 Å². The number of rotatable bonds is 4. The quantitative estimate of drug-likeness (QED) is 0.808. The zero-order valence-corrected chi connectivity index (χ0v) is 8.54. The van der Waals surface area contributed by atoms with Crippen molar-refractivity contribution >= 4 is 5.97 Å². The summed E-state index contributed by atoms with van der Waals surface area (Å²) < 4.78 is 31.2. The summed E-state index contributed by atoms with van der Waals surface area (Å²) >= 11 is 0. The lowest BCUT2D eigenvalue weighted by molar-refractivity contribution is -0.138. The Morgan fingerprint density at radius 1 is 1.50 bits per heavy atom. The van der Waals surface area contributed by atoms with Crippen molar-refractivity contribution in [2.75, 3.05) is 7.11 Å². The molecule has 0 saturated heterocycles. The summed E-state index contributed by atoms with van der Waals surface area (Å²) in [6.45, 7) is 0. The second-order valence-electron chi connectivity index (χ2n) is 3.20. The highest BCUT2D eigenvalue weighted by Crippen LogP contribution is 2.22. The van der Waals surface area contributed by atoms with Crippen molar-refractivity contribution in [2.45, 2.75) is 12.5 Å². The van der Waals surface area contributed by atoms with Gasteiger partial charge in [0, 0.05) is 6.42 Å². The molecule has 3 N–H and O–H groups in total. The van der Waals surface area contributed by atoms with E-state index in [1.807, 2.05) is 0 Å². The molecule has 0 aliphatic heterocycles. The molecule has 6 heteroatoms. The largest absolute Gasteiger partial charge is 0.494 e. The van der Waals surface area contributed by atoms with E-state index < -0.39 is 23.6 Å². The van der Waals surface area contributed by atoms with Gasteiger partial charge in [-0.3, -0.25) is 4.79 Å². The number of hydrogen-bond acceptors (Lipinski definition) is 3. The Morgan fingerprint density at radius 2 is 2.12 bits per heavy atom. The minimum Gasteiger partial charge on any atom is -0.494 e. The molecule has 0 spiro atoms. The Kier molecular flexibility index (Phi) is 3.78. The van der Waals surface area contributed by atoms with Crippen molar-refractivity contribution in [3.8, 4) is 5.75 Å². The van der Waals surface area contributed by atoms with Crippen molar-refractivity contribution < 1.29 is 23.4 Å². The minimum atomic E-state index is -1.27. The maximum atomic E-state index is 13.4. The highest BCUT2D eigenvalue weighted by Gasteiger charge is 2.18. The van der Waals surface area contributed by atoms with Crippen LogP contribution in [0.4, 0.5) is 8.78 Å². The molecule has 0 aliphatic carbocycles. The highest BCUT2D eigenvalue weighted by molar-refractivity contribution is 5.73. The van der Waals surface area contributed by atoms with E-state index in [1.54, 1.807) is 0 Å². The first kappa shape index (κ1) is 12.4. The van der Waals surface area contributed by atoms with E-state index in [4.69, 9.17) is 10.8 Å². The van der Waals surface area contributed by atoms with Gasteiger partial charge in [-0.25, -0.2) is 4.39 Å². The maximum absolute atomic E-state index is 13.4. The topological polar surface area (TPSA) is 72.5 Å². The Morgan fingerprint density at radius 3 is 2.62 bits per heavy atom. The predicted molar refractivity (Wildman–Crippen MR) is 52.2 cm³/mol. The van der Waals surface area contributed by atoms with Crippen LogP contribution in [0, 0.1) is 11.6 Å². The first-order chi connectivity index (χ1) is 7.47. The minimum absolute atomic E-state index is 0.0896. The van der Waals surface area contributed by atoms with Crippen molar-refractivity contribution in [3.63, 3.8) is 0 Å². The van der Waals surface area contributed by atoms with Gasteiger partial charge >= 0.3 is 5.97 Å². The standard InChI is InChI=1S/C10H11F2NO3/c1-16-7-3-2-5(8(11)9(7)12)4-6(13)10(14)15/h2-3,6H,4,13H2,1H3,(H,14,15). The molecule has 1 atom stereocenters. The van der Waals surface area contributed by atoms with E-state index in [1.165, 1.54) is 19.2 Å². The van der Waals surface area contributed by atoms with Crippen molar-refractivity contribution in [2.24, 2.45) is 5.73 Å². The number of ether oxygens (including phenoxy) is 1. The van der Waals surface area contributed by atoms with E-state index in [-0.39, 0.29) is 17.7 Å². The number of nitrogens with two attached hydrogens (primary N) is 1. The molecule has 0 aromatic heterocycles. The first-order valence-electron chi connectivity index (χ1n) is 4.46. The molecule has 16 heavy (non-hydrogen) atoms. The Bertz CT molecular complexity index is 409. The van der Waals surface area contributed by atoms with E-state index in [0.29, 0.717) is 0 Å². The van der Waals surface area contributed by atoms with Gasteiger partial charge in [-0.15, -0.1) is 0 Å². The molecule has 1 rings (SSSR count). The zero-order valence-electron chi connectivity index (χ0n) is 8.54. The van der Waals surface area contributed by atoms with Crippen molar-refractivity contribution in [3.05, 3.63) is 29.3 Å². The van der Waals surface area contributed by atoms with Gasteiger partial charge in [-0.2, -0.15) is 4.39 Å². The summed E-state index contributed by atoms with van der Waals surface area (Å²) in [4.78, 5) is 10.5. The smallest absolute Gasteiger partial charge is 0.320 e. The van der Waals surface area contributed by atoms with Crippen molar-refractivity contribution in [1.82, 2.24) is 0 Å². The van der Waals surface area contributed by atoms with Crippen LogP contribution in [0.3, 0.4) is 0 Å². The van der Waals surface area contributed by atoms with E-state index in [2.05, 4.69) is 4.74 Å². The lowest BCUT2D eigenvalue weighted by Crippen LogP contribution is -2.32. The summed E-state index contributed by atoms with van der Waals surface area (Å²) in [5, 5.41) is 8.54. The van der Waals surface area contributed by atoms with Gasteiger partial charge in [-0.1, -0.05) is 6.07 Å². The zero-order chi connectivity index (χ0) is 12.3. The second-order valence-corrected chi connectivity index (χ2v) is 3.20. The SMILES string of the molecule is COc1ccc(CC(N)C(=O)O)c(F)c1F. The van der Waals surface area contributed by atoms with Crippen LogP contribution in [-0.2, 0) is 11.2 Å². The number of carbonyl (C=O) groups is 1. The van der Waals surface area contributed by atoms with Crippen LogP contribution in [0.5, 0.6) is 5.75 Å². The summed E-state index contributed by atoms with van der Waals surface area (Å²) in [5.41, 5.74) is 5.13.